The molecule has 4 aromatic rings. The Bertz CT molecular complexity index is 1300. The Morgan fingerprint density at radius 1 is 0.886 bits per heavy atom. The second-order valence-corrected chi connectivity index (χ2v) is 8.92. The Hall–Kier alpha value is -3.84. The van der Waals surface area contributed by atoms with Crippen molar-refractivity contribution in [1.29, 1.82) is 0 Å². The van der Waals surface area contributed by atoms with Crippen molar-refractivity contribution in [2.75, 3.05) is 14.2 Å². The van der Waals surface area contributed by atoms with Gasteiger partial charge in [0.05, 0.1) is 32.0 Å². The fraction of sp³-hybridized carbons (Fsp3) is 0.214. The molecule has 1 aliphatic heterocycles. The molecule has 2 atom stereocenters. The Morgan fingerprint density at radius 2 is 1.57 bits per heavy atom. The van der Waals surface area contributed by atoms with Gasteiger partial charge in [0.15, 0.2) is 5.11 Å². The lowest BCUT2D eigenvalue weighted by molar-refractivity contribution is 0.302. The van der Waals surface area contributed by atoms with Gasteiger partial charge in [-0.15, -0.1) is 0 Å². The van der Waals surface area contributed by atoms with Gasteiger partial charge in [0.2, 0.25) is 0 Å². The number of ether oxygens (including phenoxy) is 2. The predicted octanol–water partition coefficient (Wildman–Crippen LogP) is 5.37. The van der Waals surface area contributed by atoms with Crippen molar-refractivity contribution in [3.05, 3.63) is 108 Å². The average Bonchev–Trinajstić information content (AvgIpc) is 3.44. The third-order valence-corrected chi connectivity index (χ3v) is 6.80. The predicted molar refractivity (Wildman–Crippen MR) is 141 cm³/mol. The van der Waals surface area contributed by atoms with Crippen molar-refractivity contribution in [1.82, 2.24) is 19.8 Å². The van der Waals surface area contributed by atoms with Crippen molar-refractivity contribution in [3.63, 3.8) is 0 Å². The van der Waals surface area contributed by atoms with Crippen LogP contribution in [0.15, 0.2) is 85.1 Å². The molecule has 0 unspecified atom stereocenters. The first-order valence-corrected chi connectivity index (χ1v) is 11.9. The molecule has 35 heavy (non-hydrogen) atoms. The Labute approximate surface area is 211 Å². The van der Waals surface area contributed by atoms with E-state index >= 15 is 0 Å². The summed E-state index contributed by atoms with van der Waals surface area (Å²) in [7, 11) is 3.36. The number of nitrogens with one attached hydrogen (secondary N) is 1. The number of rotatable bonds is 7. The first-order valence-electron chi connectivity index (χ1n) is 11.5. The van der Waals surface area contributed by atoms with E-state index < -0.39 is 0 Å². The molecular formula is C28H28N4O2S. The number of thiocarbonyl (C=S) groups is 1. The second kappa shape index (κ2) is 9.80. The fourth-order valence-corrected chi connectivity index (χ4v) is 5.00. The van der Waals surface area contributed by atoms with E-state index in [1.807, 2.05) is 42.6 Å². The number of aromatic nitrogens is 2. The molecule has 2 aromatic heterocycles. The van der Waals surface area contributed by atoms with Crippen molar-refractivity contribution in [3.8, 4) is 17.2 Å². The van der Waals surface area contributed by atoms with Gasteiger partial charge in [0, 0.05) is 29.8 Å². The van der Waals surface area contributed by atoms with Crippen LogP contribution < -0.4 is 14.8 Å². The van der Waals surface area contributed by atoms with Crippen LogP contribution in [0.25, 0.3) is 5.69 Å². The van der Waals surface area contributed by atoms with E-state index in [2.05, 4.69) is 69.2 Å². The summed E-state index contributed by atoms with van der Waals surface area (Å²) in [5.41, 5.74) is 5.47. The Morgan fingerprint density at radius 3 is 2.20 bits per heavy atom. The Balaban J connectivity index is 1.59. The number of pyridine rings is 1. The van der Waals surface area contributed by atoms with Gasteiger partial charge < -0.3 is 24.3 Å². The number of nitrogens with zero attached hydrogens (tertiary/aromatic N) is 3. The summed E-state index contributed by atoms with van der Waals surface area (Å²) < 4.78 is 13.0. The molecule has 1 aliphatic rings. The standard InChI is InChI=1S/C28H28N4O2S/c1-19-7-16-25(32(19)21-10-14-23(34-3)15-11-21)27-26(24-6-4-5-17-29-24)30-28(35)31(27)18-20-8-12-22(33-2)13-9-20/h4-17,26-27H,18H2,1-3H3,(H,30,35)/t26-,27+/m1/s1. The number of methoxy groups -OCH3 is 2. The zero-order chi connectivity index (χ0) is 24.4. The number of hydrogen-bond donors (Lipinski definition) is 1. The molecular weight excluding hydrogens is 456 g/mol. The molecule has 6 nitrogen and oxygen atoms in total. The summed E-state index contributed by atoms with van der Waals surface area (Å²) >= 11 is 5.88. The topological polar surface area (TPSA) is 51.5 Å². The van der Waals surface area contributed by atoms with Crippen LogP contribution in [0.2, 0.25) is 0 Å². The third-order valence-electron chi connectivity index (χ3n) is 6.45. The molecule has 0 aliphatic carbocycles. The molecule has 1 fully saturated rings. The molecule has 0 spiro atoms. The first-order chi connectivity index (χ1) is 17.1. The van der Waals surface area contributed by atoms with E-state index in [0.717, 1.165) is 39.8 Å². The Kier molecular flexibility index (Phi) is 6.42. The minimum atomic E-state index is -0.0896. The van der Waals surface area contributed by atoms with Gasteiger partial charge in [-0.05, 0) is 85.4 Å². The fourth-order valence-electron chi connectivity index (χ4n) is 4.70. The van der Waals surface area contributed by atoms with Crippen LogP contribution in [0.1, 0.15) is 34.7 Å². The molecule has 7 heteroatoms. The van der Waals surface area contributed by atoms with Crippen LogP contribution in [-0.4, -0.2) is 33.8 Å². The van der Waals surface area contributed by atoms with Gasteiger partial charge in [0.1, 0.15) is 11.5 Å². The quantitative estimate of drug-likeness (QED) is 0.356. The van der Waals surface area contributed by atoms with Crippen molar-refractivity contribution in [2.45, 2.75) is 25.6 Å². The molecule has 0 amide bonds. The number of hydrogen-bond acceptors (Lipinski definition) is 4. The molecule has 1 N–H and O–H groups in total. The molecule has 178 valence electrons. The minimum absolute atomic E-state index is 0.0599. The van der Waals surface area contributed by atoms with E-state index in [9.17, 15) is 0 Å². The van der Waals surface area contributed by atoms with Gasteiger partial charge in [-0.3, -0.25) is 4.98 Å². The van der Waals surface area contributed by atoms with Crippen LogP contribution in [0.3, 0.4) is 0 Å². The second-order valence-electron chi connectivity index (χ2n) is 8.54. The summed E-state index contributed by atoms with van der Waals surface area (Å²) in [6.07, 6.45) is 1.83. The van der Waals surface area contributed by atoms with Crippen LogP contribution in [-0.2, 0) is 6.54 Å². The first kappa shape index (κ1) is 22.9. The summed E-state index contributed by atoms with van der Waals surface area (Å²) in [6, 6.07) is 26.5. The maximum atomic E-state index is 5.88. The highest BCUT2D eigenvalue weighted by atomic mass is 32.1. The molecule has 2 aromatic carbocycles. The summed E-state index contributed by atoms with van der Waals surface area (Å²) in [5, 5.41) is 4.26. The molecule has 0 radical (unpaired) electrons. The smallest absolute Gasteiger partial charge is 0.170 e. The molecule has 1 saturated heterocycles. The van der Waals surface area contributed by atoms with Gasteiger partial charge >= 0.3 is 0 Å². The lowest BCUT2D eigenvalue weighted by Gasteiger charge is -2.29. The average molecular weight is 485 g/mol. The highest BCUT2D eigenvalue weighted by molar-refractivity contribution is 7.80. The normalized spacial score (nSPS) is 17.3. The van der Waals surface area contributed by atoms with E-state index in [1.165, 1.54) is 0 Å². The van der Waals surface area contributed by atoms with Crippen LogP contribution >= 0.6 is 12.2 Å². The van der Waals surface area contributed by atoms with E-state index in [-0.39, 0.29) is 12.1 Å². The summed E-state index contributed by atoms with van der Waals surface area (Å²) in [4.78, 5) is 6.93. The summed E-state index contributed by atoms with van der Waals surface area (Å²) in [6.45, 7) is 2.79. The molecule has 0 bridgehead atoms. The highest BCUT2D eigenvalue weighted by Gasteiger charge is 2.41. The zero-order valence-corrected chi connectivity index (χ0v) is 20.8. The van der Waals surface area contributed by atoms with Crippen LogP contribution in [0.5, 0.6) is 11.5 Å². The molecule has 3 heterocycles. The maximum Gasteiger partial charge on any atom is 0.170 e. The maximum absolute atomic E-state index is 5.88. The SMILES string of the molecule is COc1ccc(CN2C(=S)N[C@H](c3ccccn3)[C@@H]2c2ccc(C)n2-c2ccc(OC)cc2)cc1. The van der Waals surface area contributed by atoms with Gasteiger partial charge in [-0.1, -0.05) is 18.2 Å². The van der Waals surface area contributed by atoms with Crippen LogP contribution in [0.4, 0.5) is 0 Å². The van der Waals surface area contributed by atoms with Crippen molar-refractivity contribution in [2.24, 2.45) is 0 Å². The lowest BCUT2D eigenvalue weighted by atomic mass is 10.0. The van der Waals surface area contributed by atoms with E-state index in [0.29, 0.717) is 11.7 Å². The molecule has 0 saturated carbocycles. The summed E-state index contributed by atoms with van der Waals surface area (Å²) in [5.74, 6) is 1.67. The molecule has 5 rings (SSSR count). The van der Waals surface area contributed by atoms with Gasteiger partial charge in [-0.2, -0.15) is 0 Å². The van der Waals surface area contributed by atoms with Gasteiger partial charge in [-0.25, -0.2) is 0 Å². The van der Waals surface area contributed by atoms with Crippen LogP contribution in [0, 0.1) is 6.92 Å². The van der Waals surface area contributed by atoms with E-state index in [1.54, 1.807) is 14.2 Å². The van der Waals surface area contributed by atoms with Gasteiger partial charge in [0.25, 0.3) is 0 Å². The minimum Gasteiger partial charge on any atom is -0.497 e. The third kappa shape index (κ3) is 4.47. The van der Waals surface area contributed by atoms with Crippen molar-refractivity contribution >= 4 is 17.3 Å². The largest absolute Gasteiger partial charge is 0.497 e. The van der Waals surface area contributed by atoms with Crippen molar-refractivity contribution < 1.29 is 9.47 Å². The van der Waals surface area contributed by atoms with E-state index in [4.69, 9.17) is 21.7 Å². The monoisotopic (exact) mass is 484 g/mol. The number of benzene rings is 2. The number of aryl methyl sites for hydroxylation is 1. The highest BCUT2D eigenvalue weighted by Crippen LogP contribution is 2.41. The lowest BCUT2D eigenvalue weighted by Crippen LogP contribution is -2.30. The zero-order valence-electron chi connectivity index (χ0n) is 20.0.